The molecule has 27 heavy (non-hydrogen) atoms. The zero-order valence-corrected chi connectivity index (χ0v) is 14.7. The number of imidazole rings is 1. The van der Waals surface area contributed by atoms with Gasteiger partial charge in [0, 0.05) is 18.1 Å². The lowest BCUT2D eigenvalue weighted by molar-refractivity contribution is -0.389. The van der Waals surface area contributed by atoms with E-state index in [1.54, 1.807) is 4.57 Å². The van der Waals surface area contributed by atoms with E-state index in [9.17, 15) is 23.3 Å². The zero-order valence-electron chi connectivity index (χ0n) is 14.7. The molecule has 0 saturated carbocycles. The first-order valence-electron chi connectivity index (χ1n) is 8.22. The van der Waals surface area contributed by atoms with Crippen LogP contribution in [0, 0.1) is 10.1 Å². The predicted octanol–water partition coefficient (Wildman–Crippen LogP) is 3.27. The van der Waals surface area contributed by atoms with Crippen LogP contribution in [-0.4, -0.2) is 33.5 Å². The third-order valence-corrected chi connectivity index (χ3v) is 3.50. The number of benzene rings is 1. The highest BCUT2D eigenvalue weighted by Gasteiger charge is 2.31. The Morgan fingerprint density at radius 3 is 2.63 bits per heavy atom. The molecule has 8 nitrogen and oxygen atoms in total. The summed E-state index contributed by atoms with van der Waals surface area (Å²) in [6, 6.07) is 5.58. The number of aromatic nitrogens is 2. The summed E-state index contributed by atoms with van der Waals surface area (Å²) in [6.07, 6.45) is -3.42. The van der Waals surface area contributed by atoms with Gasteiger partial charge in [-0.3, -0.25) is 4.57 Å². The molecule has 1 unspecified atom stereocenters. The van der Waals surface area contributed by atoms with E-state index in [1.807, 2.05) is 13.8 Å². The number of alkyl halides is 3. The molecule has 0 aliphatic carbocycles. The van der Waals surface area contributed by atoms with E-state index in [0.29, 0.717) is 13.1 Å². The smallest absolute Gasteiger partial charge is 0.444 e. The Morgan fingerprint density at radius 2 is 2.04 bits per heavy atom. The monoisotopic (exact) mass is 388 g/mol. The fourth-order valence-corrected chi connectivity index (χ4v) is 2.38. The van der Waals surface area contributed by atoms with E-state index in [1.165, 1.54) is 30.5 Å². The Balaban J connectivity index is 0.00000126. The topological polar surface area (TPSA) is 91.5 Å². The second-order valence-corrected chi connectivity index (χ2v) is 5.37. The first-order chi connectivity index (χ1) is 12.8. The van der Waals surface area contributed by atoms with Gasteiger partial charge in [0.1, 0.15) is 18.6 Å². The van der Waals surface area contributed by atoms with Crippen LogP contribution in [0.5, 0.6) is 11.8 Å². The van der Waals surface area contributed by atoms with Gasteiger partial charge in [0.2, 0.25) is 0 Å². The lowest BCUT2D eigenvalue weighted by Crippen LogP contribution is -2.41. The highest BCUT2D eigenvalue weighted by Crippen LogP contribution is 2.23. The summed E-state index contributed by atoms with van der Waals surface area (Å²) >= 11 is 0. The Kier molecular flexibility index (Phi) is 6.61. The van der Waals surface area contributed by atoms with Crippen LogP contribution in [0.3, 0.4) is 0 Å². The minimum atomic E-state index is -4.72. The van der Waals surface area contributed by atoms with Crippen LogP contribution in [0.4, 0.5) is 19.0 Å². The maximum Gasteiger partial charge on any atom is 0.573 e. The number of nitro groups is 1. The Morgan fingerprint density at radius 1 is 1.37 bits per heavy atom. The number of hydrogen-bond donors (Lipinski definition) is 1. The van der Waals surface area contributed by atoms with Crippen molar-refractivity contribution >= 4 is 5.82 Å². The summed E-state index contributed by atoms with van der Waals surface area (Å²) in [6.45, 7) is 5.11. The third kappa shape index (κ3) is 5.84. The fraction of sp³-hybridized carbons (Fsp3) is 0.438. The van der Waals surface area contributed by atoms with Gasteiger partial charge in [-0.05, 0) is 22.6 Å². The van der Waals surface area contributed by atoms with E-state index in [0.717, 1.165) is 5.56 Å². The van der Waals surface area contributed by atoms with Crippen molar-refractivity contribution < 1.29 is 27.6 Å². The van der Waals surface area contributed by atoms with Crippen molar-refractivity contribution in [1.82, 2.24) is 14.9 Å². The second-order valence-electron chi connectivity index (χ2n) is 5.37. The number of halogens is 3. The van der Waals surface area contributed by atoms with E-state index in [-0.39, 0.29) is 30.2 Å². The molecule has 1 aromatic heterocycles. The molecule has 1 N–H and O–H groups in total. The van der Waals surface area contributed by atoms with Gasteiger partial charge >= 0.3 is 18.2 Å². The molecule has 2 heterocycles. The van der Waals surface area contributed by atoms with Crippen LogP contribution < -0.4 is 14.8 Å². The highest BCUT2D eigenvalue weighted by atomic mass is 19.4. The van der Waals surface area contributed by atoms with Crippen molar-refractivity contribution in [3.8, 4) is 11.8 Å². The first kappa shape index (κ1) is 20.5. The number of nitrogens with one attached hydrogen (secondary N) is 1. The van der Waals surface area contributed by atoms with Crippen molar-refractivity contribution in [3.05, 3.63) is 46.1 Å². The second kappa shape index (κ2) is 8.71. The molecule has 0 fully saturated rings. The molecule has 0 radical (unpaired) electrons. The minimum absolute atomic E-state index is 0.118. The molecular weight excluding hydrogens is 369 g/mol. The zero-order chi connectivity index (χ0) is 20.0. The van der Waals surface area contributed by atoms with Gasteiger partial charge in [0.05, 0.1) is 6.04 Å². The van der Waals surface area contributed by atoms with Gasteiger partial charge in [-0.25, -0.2) is 0 Å². The van der Waals surface area contributed by atoms with Gasteiger partial charge in [0.25, 0.3) is 0 Å². The molecule has 1 aromatic carbocycles. The molecule has 1 aliphatic rings. The van der Waals surface area contributed by atoms with Gasteiger partial charge in [0.15, 0.2) is 0 Å². The quantitative estimate of drug-likeness (QED) is 0.624. The van der Waals surface area contributed by atoms with Crippen molar-refractivity contribution in [2.45, 2.75) is 39.3 Å². The molecule has 1 aliphatic heterocycles. The van der Waals surface area contributed by atoms with Crippen LogP contribution in [0.2, 0.25) is 0 Å². The molecule has 0 amide bonds. The van der Waals surface area contributed by atoms with Crippen molar-refractivity contribution in [3.63, 3.8) is 0 Å². The summed E-state index contributed by atoms with van der Waals surface area (Å²) in [5.74, 6) is -0.566. The minimum Gasteiger partial charge on any atom is -0.444 e. The number of fused-ring (bicyclic) bond motifs is 1. The van der Waals surface area contributed by atoms with E-state index in [2.05, 4.69) is 15.0 Å². The third-order valence-electron chi connectivity index (χ3n) is 3.50. The van der Waals surface area contributed by atoms with Crippen LogP contribution in [0.1, 0.15) is 19.4 Å². The Hall–Kier alpha value is -2.82. The van der Waals surface area contributed by atoms with Crippen LogP contribution >= 0.6 is 0 Å². The van der Waals surface area contributed by atoms with Crippen LogP contribution in [0.15, 0.2) is 30.5 Å². The van der Waals surface area contributed by atoms with Gasteiger partial charge in [-0.1, -0.05) is 26.0 Å². The SMILES string of the molecule is CC.O=[N+]([O-])c1cn2c(n1)OCC(NCc1ccc(OC(F)(F)F)cc1)C2. The average Bonchev–Trinajstić information content (AvgIpc) is 3.05. The largest absolute Gasteiger partial charge is 0.573 e. The van der Waals surface area contributed by atoms with Gasteiger partial charge < -0.3 is 24.9 Å². The number of ether oxygens (including phenoxy) is 2. The predicted molar refractivity (Wildman–Crippen MR) is 89.5 cm³/mol. The molecule has 0 saturated heterocycles. The molecule has 0 bridgehead atoms. The molecule has 11 heteroatoms. The van der Waals surface area contributed by atoms with Crippen molar-refractivity contribution in [2.75, 3.05) is 6.61 Å². The molecule has 2 aromatic rings. The molecule has 3 rings (SSSR count). The van der Waals surface area contributed by atoms with Gasteiger partial charge in [-0.15, -0.1) is 13.2 Å². The average molecular weight is 388 g/mol. The van der Waals surface area contributed by atoms with E-state index in [4.69, 9.17) is 4.74 Å². The first-order valence-corrected chi connectivity index (χ1v) is 8.22. The summed E-state index contributed by atoms with van der Waals surface area (Å²) < 4.78 is 47.0. The van der Waals surface area contributed by atoms with Crippen LogP contribution in [0.25, 0.3) is 0 Å². The number of hydrogen-bond acceptors (Lipinski definition) is 6. The Bertz CT molecular complexity index is 762. The molecular formula is C16H19F3N4O4. The molecule has 0 spiro atoms. The highest BCUT2D eigenvalue weighted by molar-refractivity contribution is 5.27. The van der Waals surface area contributed by atoms with Crippen LogP contribution in [-0.2, 0) is 13.1 Å². The fourth-order valence-electron chi connectivity index (χ4n) is 2.38. The number of nitrogens with zero attached hydrogens (tertiary/aromatic N) is 3. The summed E-state index contributed by atoms with van der Waals surface area (Å²) in [5.41, 5.74) is 0.761. The maximum absolute atomic E-state index is 12.1. The summed E-state index contributed by atoms with van der Waals surface area (Å²) in [5, 5.41) is 13.9. The molecule has 148 valence electrons. The summed E-state index contributed by atoms with van der Waals surface area (Å²) in [7, 11) is 0. The standard InChI is InChI=1S/C14H13F3N4O4.C2H6/c15-14(16,17)25-11-3-1-9(2-4-11)5-18-10-6-20-7-12(21(22)23)19-13(20)24-8-10;1-2/h1-4,7,10,18H,5-6,8H2;1-2H3. The lowest BCUT2D eigenvalue weighted by Gasteiger charge is -2.23. The lowest BCUT2D eigenvalue weighted by atomic mass is 10.2. The maximum atomic E-state index is 12.1. The normalized spacial score (nSPS) is 15.8. The van der Waals surface area contributed by atoms with E-state index >= 15 is 0 Å². The van der Waals surface area contributed by atoms with Crippen molar-refractivity contribution in [2.24, 2.45) is 0 Å². The number of rotatable bonds is 5. The van der Waals surface area contributed by atoms with Crippen molar-refractivity contribution in [1.29, 1.82) is 0 Å². The van der Waals surface area contributed by atoms with E-state index < -0.39 is 11.3 Å². The summed E-state index contributed by atoms with van der Waals surface area (Å²) in [4.78, 5) is 13.9. The Labute approximate surface area is 153 Å². The molecule has 1 atom stereocenters. The van der Waals surface area contributed by atoms with Gasteiger partial charge in [-0.2, -0.15) is 0 Å².